The maximum Gasteiger partial charge on any atom is 0.0891 e. The average molecular weight is 218 g/mol. The lowest BCUT2D eigenvalue weighted by Gasteiger charge is -2.30. The summed E-state index contributed by atoms with van der Waals surface area (Å²) in [7, 11) is 0. The maximum atomic E-state index is 10.4. The zero-order valence-electron chi connectivity index (χ0n) is 10.5. The van der Waals surface area contributed by atoms with E-state index in [-0.39, 0.29) is 5.92 Å². The molecule has 1 aliphatic rings. The predicted molar refractivity (Wildman–Crippen MR) is 67.4 cm³/mol. The summed E-state index contributed by atoms with van der Waals surface area (Å²) in [5, 5.41) is 10.4. The fourth-order valence-electron chi connectivity index (χ4n) is 2.17. The highest BCUT2D eigenvalue weighted by Crippen LogP contribution is 2.37. The van der Waals surface area contributed by atoms with Gasteiger partial charge < -0.3 is 5.11 Å². The van der Waals surface area contributed by atoms with Crippen molar-refractivity contribution in [3.05, 3.63) is 35.4 Å². The second-order valence-corrected chi connectivity index (χ2v) is 5.55. The van der Waals surface area contributed by atoms with Gasteiger partial charge in [-0.3, -0.25) is 0 Å². The second-order valence-electron chi connectivity index (χ2n) is 5.55. The zero-order chi connectivity index (χ0) is 11.8. The molecule has 0 saturated heterocycles. The molecule has 0 radical (unpaired) electrons. The van der Waals surface area contributed by atoms with E-state index in [0.29, 0.717) is 0 Å². The van der Waals surface area contributed by atoms with E-state index in [0.717, 1.165) is 11.5 Å². The first-order valence-corrected chi connectivity index (χ1v) is 6.34. The molecule has 1 aliphatic carbocycles. The molecule has 0 bridgehead atoms. The van der Waals surface area contributed by atoms with Gasteiger partial charge in [-0.2, -0.15) is 0 Å². The Hall–Kier alpha value is -0.820. The molecule has 1 nitrogen and oxygen atoms in total. The molecule has 0 spiro atoms. The van der Waals surface area contributed by atoms with Crippen LogP contribution in [0.5, 0.6) is 0 Å². The molecule has 1 fully saturated rings. The van der Waals surface area contributed by atoms with Crippen LogP contribution in [-0.4, -0.2) is 5.11 Å². The Morgan fingerprint density at radius 2 is 1.75 bits per heavy atom. The fourth-order valence-corrected chi connectivity index (χ4v) is 2.17. The van der Waals surface area contributed by atoms with Crippen LogP contribution in [0.15, 0.2) is 24.3 Å². The molecule has 1 saturated carbocycles. The SMILES string of the molecule is CC(C)C(C)(O)c1ccc(C2CCC2)cc1. The maximum absolute atomic E-state index is 10.4. The summed E-state index contributed by atoms with van der Waals surface area (Å²) < 4.78 is 0. The standard InChI is InChI=1S/C15H22O/c1-11(2)15(3,16)14-9-7-13(8-10-14)12-5-4-6-12/h7-12,16H,4-6H2,1-3H3. The molecule has 16 heavy (non-hydrogen) atoms. The van der Waals surface area contributed by atoms with Crippen molar-refractivity contribution in [3.63, 3.8) is 0 Å². The van der Waals surface area contributed by atoms with Crippen molar-refractivity contribution in [2.45, 2.75) is 51.6 Å². The summed E-state index contributed by atoms with van der Waals surface area (Å²) in [6.45, 7) is 6.01. The van der Waals surface area contributed by atoms with Crippen LogP contribution in [0.1, 0.15) is 57.1 Å². The van der Waals surface area contributed by atoms with Gasteiger partial charge >= 0.3 is 0 Å². The van der Waals surface area contributed by atoms with Gasteiger partial charge in [0.1, 0.15) is 0 Å². The lowest BCUT2D eigenvalue weighted by Crippen LogP contribution is -2.27. The number of hydrogen-bond acceptors (Lipinski definition) is 1. The molecule has 1 atom stereocenters. The van der Waals surface area contributed by atoms with E-state index in [1.165, 1.54) is 24.8 Å². The number of benzene rings is 1. The van der Waals surface area contributed by atoms with Gasteiger partial charge in [0.2, 0.25) is 0 Å². The molecule has 0 aliphatic heterocycles. The van der Waals surface area contributed by atoms with Crippen LogP contribution in [0.4, 0.5) is 0 Å². The van der Waals surface area contributed by atoms with Crippen LogP contribution in [-0.2, 0) is 5.60 Å². The molecule has 1 heteroatoms. The van der Waals surface area contributed by atoms with E-state index in [2.05, 4.69) is 38.1 Å². The van der Waals surface area contributed by atoms with E-state index in [1.807, 2.05) is 6.92 Å². The topological polar surface area (TPSA) is 20.2 Å². The summed E-state index contributed by atoms with van der Waals surface area (Å²) in [5.74, 6) is 1.01. The van der Waals surface area contributed by atoms with Crippen molar-refractivity contribution < 1.29 is 5.11 Å². The molecular formula is C15H22O. The first kappa shape index (κ1) is 11.7. The largest absolute Gasteiger partial charge is 0.385 e. The highest BCUT2D eigenvalue weighted by Gasteiger charge is 2.27. The van der Waals surface area contributed by atoms with Crippen LogP contribution >= 0.6 is 0 Å². The number of rotatable bonds is 3. The summed E-state index contributed by atoms with van der Waals surface area (Å²) in [6.07, 6.45) is 4.04. The summed E-state index contributed by atoms with van der Waals surface area (Å²) in [6, 6.07) is 8.56. The molecule has 88 valence electrons. The van der Waals surface area contributed by atoms with Gasteiger partial charge in [-0.1, -0.05) is 44.5 Å². The molecule has 1 unspecified atom stereocenters. The number of aliphatic hydroxyl groups is 1. The Morgan fingerprint density at radius 1 is 1.19 bits per heavy atom. The van der Waals surface area contributed by atoms with Crippen LogP contribution < -0.4 is 0 Å². The summed E-state index contributed by atoms with van der Waals surface area (Å²) >= 11 is 0. The van der Waals surface area contributed by atoms with Gasteiger partial charge in [0.25, 0.3) is 0 Å². The Kier molecular flexibility index (Phi) is 3.07. The lowest BCUT2D eigenvalue weighted by atomic mass is 9.78. The minimum atomic E-state index is -0.710. The quantitative estimate of drug-likeness (QED) is 0.817. The van der Waals surface area contributed by atoms with Gasteiger partial charge in [0, 0.05) is 0 Å². The van der Waals surface area contributed by atoms with Crippen LogP contribution in [0, 0.1) is 5.92 Å². The zero-order valence-corrected chi connectivity index (χ0v) is 10.5. The Bertz CT molecular complexity index is 344. The fraction of sp³-hybridized carbons (Fsp3) is 0.600. The Balaban J connectivity index is 2.18. The van der Waals surface area contributed by atoms with Gasteiger partial charge in [-0.05, 0) is 42.7 Å². The van der Waals surface area contributed by atoms with Gasteiger partial charge in [-0.15, -0.1) is 0 Å². The Labute approximate surface area is 98.5 Å². The molecule has 0 amide bonds. The summed E-state index contributed by atoms with van der Waals surface area (Å²) in [5.41, 5.74) is 1.76. The predicted octanol–water partition coefficient (Wildman–Crippen LogP) is 3.82. The van der Waals surface area contributed by atoms with Crippen molar-refractivity contribution in [2.75, 3.05) is 0 Å². The second kappa shape index (κ2) is 4.21. The third kappa shape index (κ3) is 2.01. The van der Waals surface area contributed by atoms with E-state index in [9.17, 15) is 5.11 Å². The van der Waals surface area contributed by atoms with Crippen molar-refractivity contribution in [1.29, 1.82) is 0 Å². The molecule has 0 aromatic heterocycles. The van der Waals surface area contributed by atoms with E-state index >= 15 is 0 Å². The minimum absolute atomic E-state index is 0.238. The minimum Gasteiger partial charge on any atom is -0.385 e. The molecular weight excluding hydrogens is 196 g/mol. The van der Waals surface area contributed by atoms with Gasteiger partial charge in [0.15, 0.2) is 0 Å². The first-order valence-electron chi connectivity index (χ1n) is 6.34. The lowest BCUT2D eigenvalue weighted by molar-refractivity contribution is 0.00903. The highest BCUT2D eigenvalue weighted by molar-refractivity contribution is 5.30. The van der Waals surface area contributed by atoms with E-state index < -0.39 is 5.60 Å². The summed E-state index contributed by atoms with van der Waals surface area (Å²) in [4.78, 5) is 0. The van der Waals surface area contributed by atoms with Crippen molar-refractivity contribution in [1.82, 2.24) is 0 Å². The van der Waals surface area contributed by atoms with Crippen molar-refractivity contribution in [2.24, 2.45) is 5.92 Å². The third-order valence-electron chi connectivity index (χ3n) is 4.20. The van der Waals surface area contributed by atoms with E-state index in [4.69, 9.17) is 0 Å². The molecule has 1 aromatic rings. The van der Waals surface area contributed by atoms with Crippen molar-refractivity contribution >= 4 is 0 Å². The highest BCUT2D eigenvalue weighted by atomic mass is 16.3. The molecule has 1 aromatic carbocycles. The monoisotopic (exact) mass is 218 g/mol. The van der Waals surface area contributed by atoms with Crippen LogP contribution in [0.2, 0.25) is 0 Å². The van der Waals surface area contributed by atoms with Crippen molar-refractivity contribution in [3.8, 4) is 0 Å². The Morgan fingerprint density at radius 3 is 2.12 bits per heavy atom. The van der Waals surface area contributed by atoms with E-state index in [1.54, 1.807) is 0 Å². The normalized spacial score (nSPS) is 20.6. The van der Waals surface area contributed by atoms with Gasteiger partial charge in [-0.25, -0.2) is 0 Å². The molecule has 0 heterocycles. The molecule has 1 N–H and O–H groups in total. The molecule has 2 rings (SSSR count). The van der Waals surface area contributed by atoms with Crippen LogP contribution in [0.25, 0.3) is 0 Å². The van der Waals surface area contributed by atoms with Gasteiger partial charge in [0.05, 0.1) is 5.60 Å². The van der Waals surface area contributed by atoms with Crippen LogP contribution in [0.3, 0.4) is 0 Å². The smallest absolute Gasteiger partial charge is 0.0891 e. The average Bonchev–Trinajstić information content (AvgIpc) is 2.15. The third-order valence-corrected chi connectivity index (χ3v) is 4.20. The number of hydrogen-bond donors (Lipinski definition) is 1. The first-order chi connectivity index (χ1) is 7.51.